The topological polar surface area (TPSA) is 87.8 Å². The highest BCUT2D eigenvalue weighted by Crippen LogP contribution is 2.48. The van der Waals surface area contributed by atoms with E-state index in [1.165, 1.54) is 7.11 Å². The van der Waals surface area contributed by atoms with Gasteiger partial charge in [0.05, 0.1) is 12.5 Å². The highest BCUT2D eigenvalue weighted by Gasteiger charge is 2.45. The predicted octanol–water partition coefficient (Wildman–Crippen LogP) is 3.57. The first kappa shape index (κ1) is 20.6. The number of esters is 1. The van der Waals surface area contributed by atoms with Gasteiger partial charge in [-0.1, -0.05) is 41.9 Å². The summed E-state index contributed by atoms with van der Waals surface area (Å²) in [5, 5.41) is 0. The van der Waals surface area contributed by atoms with Crippen molar-refractivity contribution in [2.24, 2.45) is 11.1 Å². The molecule has 2 N–H and O–H groups in total. The number of hydrogen-bond donors (Lipinski definition) is 1. The second-order valence-electron chi connectivity index (χ2n) is 7.77. The Balaban J connectivity index is 2.07. The molecule has 6 nitrogen and oxygen atoms in total. The lowest BCUT2D eigenvalue weighted by molar-refractivity contribution is -0.140. The van der Waals surface area contributed by atoms with Crippen molar-refractivity contribution >= 4 is 27.7 Å². The van der Waals surface area contributed by atoms with E-state index in [9.17, 15) is 9.59 Å². The zero-order chi connectivity index (χ0) is 20.5. The molecule has 0 fully saturated rings. The molecule has 0 spiro atoms. The van der Waals surface area contributed by atoms with Crippen LogP contribution in [0.4, 0.5) is 0 Å². The van der Waals surface area contributed by atoms with Gasteiger partial charge in [0, 0.05) is 30.0 Å². The van der Waals surface area contributed by atoms with Crippen LogP contribution in [0.1, 0.15) is 38.2 Å². The van der Waals surface area contributed by atoms with Crippen LogP contribution >= 0.6 is 15.9 Å². The third kappa shape index (κ3) is 4.15. The Bertz CT molecular complexity index is 854. The second kappa shape index (κ2) is 8.09. The van der Waals surface area contributed by atoms with E-state index in [0.29, 0.717) is 24.2 Å². The van der Waals surface area contributed by atoms with Crippen LogP contribution in [0.5, 0.6) is 0 Å². The maximum Gasteiger partial charge on any atom is 0.340 e. The fourth-order valence-corrected chi connectivity index (χ4v) is 3.93. The molecule has 150 valence electrons. The Morgan fingerprint density at radius 3 is 2.57 bits per heavy atom. The standard InChI is InChI=1S/C21H24BrNO5/c1-21(2)10-14(24)17-15(11-21)28-19(23)18(20(25)27-9-8-26-3)16(17)12-4-6-13(22)7-5-12/h4-7,16H,8-11,23H2,1-3H3. The van der Waals surface area contributed by atoms with Gasteiger partial charge in [-0.15, -0.1) is 0 Å². The van der Waals surface area contributed by atoms with Crippen molar-refractivity contribution in [1.82, 2.24) is 0 Å². The highest BCUT2D eigenvalue weighted by molar-refractivity contribution is 9.10. The van der Waals surface area contributed by atoms with Crippen molar-refractivity contribution in [2.45, 2.75) is 32.6 Å². The number of Topliss-reactive ketones (excluding diaryl/α,β-unsaturated/α-hetero) is 1. The van der Waals surface area contributed by atoms with Gasteiger partial charge in [-0.2, -0.15) is 0 Å². The molecular weight excluding hydrogens is 426 g/mol. The SMILES string of the molecule is COCCOC(=O)C1=C(N)OC2=C(C(=O)CC(C)(C)C2)C1c1ccc(Br)cc1. The average Bonchev–Trinajstić information content (AvgIpc) is 2.60. The van der Waals surface area contributed by atoms with Gasteiger partial charge in [0.1, 0.15) is 17.9 Å². The maximum atomic E-state index is 13.0. The number of halogens is 1. The fraction of sp³-hybridized carbons (Fsp3) is 0.429. The summed E-state index contributed by atoms with van der Waals surface area (Å²) in [7, 11) is 1.52. The molecule has 1 aliphatic heterocycles. The summed E-state index contributed by atoms with van der Waals surface area (Å²) in [6.07, 6.45) is 0.960. The molecule has 7 heteroatoms. The summed E-state index contributed by atoms with van der Waals surface area (Å²) in [5.41, 5.74) is 7.37. The Labute approximate surface area is 172 Å². The van der Waals surface area contributed by atoms with Crippen LogP contribution in [0.2, 0.25) is 0 Å². The van der Waals surface area contributed by atoms with Gasteiger partial charge in [0.15, 0.2) is 5.78 Å². The molecule has 1 aromatic rings. The average molecular weight is 450 g/mol. The molecule has 3 rings (SSSR count). The van der Waals surface area contributed by atoms with Gasteiger partial charge < -0.3 is 19.9 Å². The van der Waals surface area contributed by atoms with Crippen LogP contribution in [-0.2, 0) is 23.8 Å². The van der Waals surface area contributed by atoms with Gasteiger partial charge in [-0.05, 0) is 23.1 Å². The van der Waals surface area contributed by atoms with Crippen LogP contribution in [0.25, 0.3) is 0 Å². The molecule has 1 aliphatic carbocycles. The lowest BCUT2D eigenvalue weighted by Gasteiger charge is -2.38. The molecule has 0 bridgehead atoms. The van der Waals surface area contributed by atoms with Crippen LogP contribution in [-0.4, -0.2) is 32.1 Å². The first-order chi connectivity index (χ1) is 13.2. The van der Waals surface area contributed by atoms with Crippen molar-refractivity contribution < 1.29 is 23.8 Å². The number of nitrogens with two attached hydrogens (primary N) is 1. The van der Waals surface area contributed by atoms with E-state index in [1.54, 1.807) is 0 Å². The van der Waals surface area contributed by atoms with Crippen molar-refractivity contribution in [3.63, 3.8) is 0 Å². The number of carbonyl (C=O) groups excluding carboxylic acids is 2. The van der Waals surface area contributed by atoms with E-state index >= 15 is 0 Å². The Morgan fingerprint density at radius 2 is 1.93 bits per heavy atom. The van der Waals surface area contributed by atoms with Crippen molar-refractivity contribution in [1.29, 1.82) is 0 Å². The van der Waals surface area contributed by atoms with E-state index in [0.717, 1.165) is 10.0 Å². The summed E-state index contributed by atoms with van der Waals surface area (Å²) in [6, 6.07) is 7.47. The lowest BCUT2D eigenvalue weighted by Crippen LogP contribution is -2.35. The van der Waals surface area contributed by atoms with Gasteiger partial charge >= 0.3 is 5.97 Å². The molecule has 1 heterocycles. The fourth-order valence-electron chi connectivity index (χ4n) is 3.67. The second-order valence-corrected chi connectivity index (χ2v) is 8.69. The predicted molar refractivity (Wildman–Crippen MR) is 107 cm³/mol. The van der Waals surface area contributed by atoms with Crippen molar-refractivity contribution in [3.05, 3.63) is 57.1 Å². The molecule has 0 saturated carbocycles. The zero-order valence-electron chi connectivity index (χ0n) is 16.2. The molecule has 1 atom stereocenters. The molecule has 1 unspecified atom stereocenters. The lowest BCUT2D eigenvalue weighted by atomic mass is 9.70. The van der Waals surface area contributed by atoms with Crippen LogP contribution in [0.15, 0.2) is 51.5 Å². The minimum atomic E-state index is -0.615. The monoisotopic (exact) mass is 449 g/mol. The van der Waals surface area contributed by atoms with E-state index in [1.807, 2.05) is 38.1 Å². The summed E-state index contributed by atoms with van der Waals surface area (Å²) >= 11 is 3.42. The van der Waals surface area contributed by atoms with Crippen molar-refractivity contribution in [3.8, 4) is 0 Å². The van der Waals surface area contributed by atoms with Crippen LogP contribution in [0, 0.1) is 5.41 Å². The highest BCUT2D eigenvalue weighted by atomic mass is 79.9. The van der Waals surface area contributed by atoms with Crippen LogP contribution in [0.3, 0.4) is 0 Å². The molecule has 0 amide bonds. The van der Waals surface area contributed by atoms with E-state index < -0.39 is 11.9 Å². The molecule has 28 heavy (non-hydrogen) atoms. The maximum absolute atomic E-state index is 13.0. The largest absolute Gasteiger partial charge is 0.460 e. The quantitative estimate of drug-likeness (QED) is 0.545. The van der Waals surface area contributed by atoms with Crippen LogP contribution < -0.4 is 5.73 Å². The Hall–Kier alpha value is -2.12. The Kier molecular flexibility index (Phi) is 5.95. The van der Waals surface area contributed by atoms with Gasteiger partial charge in [-0.3, -0.25) is 4.79 Å². The Morgan fingerprint density at radius 1 is 1.25 bits per heavy atom. The molecule has 0 saturated heterocycles. The molecule has 1 aromatic carbocycles. The summed E-state index contributed by atoms with van der Waals surface area (Å²) in [4.78, 5) is 25.9. The van der Waals surface area contributed by atoms with Gasteiger partial charge in [0.25, 0.3) is 0 Å². The number of ketones is 1. The molecule has 0 radical (unpaired) electrons. The van der Waals surface area contributed by atoms with Gasteiger partial charge in [-0.25, -0.2) is 4.79 Å². The third-order valence-electron chi connectivity index (χ3n) is 4.90. The number of methoxy groups -OCH3 is 1. The van der Waals surface area contributed by atoms with E-state index in [4.69, 9.17) is 19.9 Å². The zero-order valence-corrected chi connectivity index (χ0v) is 17.8. The summed E-state index contributed by atoms with van der Waals surface area (Å²) < 4.78 is 16.9. The minimum Gasteiger partial charge on any atom is -0.460 e. The molecular formula is C21H24BrNO5. The summed E-state index contributed by atoms with van der Waals surface area (Å²) in [5.74, 6) is -0.726. The number of ether oxygens (including phenoxy) is 3. The number of carbonyl (C=O) groups is 2. The number of hydrogen-bond acceptors (Lipinski definition) is 6. The number of benzene rings is 1. The van der Waals surface area contributed by atoms with E-state index in [2.05, 4.69) is 15.9 Å². The van der Waals surface area contributed by atoms with Crippen molar-refractivity contribution in [2.75, 3.05) is 20.3 Å². The minimum absolute atomic E-state index is 0.0143. The number of rotatable bonds is 5. The summed E-state index contributed by atoms with van der Waals surface area (Å²) in [6.45, 7) is 4.39. The molecule has 2 aliphatic rings. The first-order valence-electron chi connectivity index (χ1n) is 9.09. The van der Waals surface area contributed by atoms with E-state index in [-0.39, 0.29) is 35.9 Å². The third-order valence-corrected chi connectivity index (χ3v) is 5.43. The first-order valence-corrected chi connectivity index (χ1v) is 9.88. The van der Waals surface area contributed by atoms with Gasteiger partial charge in [0.2, 0.25) is 5.88 Å². The molecule has 0 aromatic heterocycles. The smallest absolute Gasteiger partial charge is 0.340 e. The number of allylic oxidation sites excluding steroid dienone is 2. The normalized spacial score (nSPS) is 21.3.